The topological polar surface area (TPSA) is 90.0 Å². The van der Waals surface area contributed by atoms with Gasteiger partial charge in [0.05, 0.1) is 0 Å². The average molecular weight is 635 g/mol. The molecule has 1 N–H and O–H groups in total. The molecule has 0 unspecified atom stereocenters. The number of nitrogens with one attached hydrogen (secondary N) is 1. The molecule has 8 nitrogen and oxygen atoms in total. The van der Waals surface area contributed by atoms with E-state index in [1.165, 1.54) is 9.80 Å². The van der Waals surface area contributed by atoms with Crippen molar-refractivity contribution in [3.05, 3.63) is 119 Å². The molecule has 2 heterocycles. The number of hydrogen-bond donors (Lipinski definition) is 1. The smallest absolute Gasteiger partial charge is 0.261 e. The Bertz CT molecular complexity index is 2330. The van der Waals surface area contributed by atoms with Crippen molar-refractivity contribution in [3.63, 3.8) is 0 Å². The van der Waals surface area contributed by atoms with E-state index in [1.54, 1.807) is 6.07 Å². The van der Waals surface area contributed by atoms with Gasteiger partial charge in [0, 0.05) is 59.2 Å². The number of nitrogens with zero attached hydrogens (tertiary/aromatic N) is 3. The second-order valence-electron chi connectivity index (χ2n) is 12.7. The lowest BCUT2D eigenvalue weighted by Crippen LogP contribution is -2.44. The SMILES string of the molecule is CN(CCCNCCN1C(=O)c2cccc3c2c(cc2ccccc23)C1=O)CCN1C(=O)c2cccc3c2c(cc2ccccc23)C1=O. The molecule has 0 aliphatic carbocycles. The summed E-state index contributed by atoms with van der Waals surface area (Å²) in [6.45, 7) is 3.06. The van der Waals surface area contributed by atoms with E-state index in [2.05, 4.69) is 10.2 Å². The van der Waals surface area contributed by atoms with Crippen LogP contribution in [0.15, 0.2) is 97.1 Å². The van der Waals surface area contributed by atoms with Crippen molar-refractivity contribution < 1.29 is 19.2 Å². The molecule has 6 aromatic rings. The lowest BCUT2D eigenvalue weighted by molar-refractivity contribution is 0.0589. The van der Waals surface area contributed by atoms with Crippen LogP contribution in [0.5, 0.6) is 0 Å². The van der Waals surface area contributed by atoms with Crippen molar-refractivity contribution in [3.8, 4) is 0 Å². The minimum Gasteiger partial charge on any atom is -0.315 e. The molecule has 0 spiro atoms. The van der Waals surface area contributed by atoms with Crippen LogP contribution in [-0.2, 0) is 0 Å². The van der Waals surface area contributed by atoms with Gasteiger partial charge in [-0.15, -0.1) is 0 Å². The zero-order valence-electron chi connectivity index (χ0n) is 26.7. The first-order valence-corrected chi connectivity index (χ1v) is 16.4. The van der Waals surface area contributed by atoms with Gasteiger partial charge in [-0.05, 0) is 83.1 Å². The molecule has 0 saturated heterocycles. The van der Waals surface area contributed by atoms with E-state index in [1.807, 2.05) is 98.0 Å². The molecule has 2 aliphatic heterocycles. The molecule has 8 heteroatoms. The van der Waals surface area contributed by atoms with Gasteiger partial charge in [-0.1, -0.05) is 72.8 Å². The summed E-state index contributed by atoms with van der Waals surface area (Å²) in [6.07, 6.45) is 0.822. The third-order valence-electron chi connectivity index (χ3n) is 9.78. The van der Waals surface area contributed by atoms with Gasteiger partial charge in [-0.3, -0.25) is 29.0 Å². The third-order valence-corrected chi connectivity index (χ3v) is 9.78. The van der Waals surface area contributed by atoms with E-state index in [0.717, 1.165) is 56.1 Å². The molecule has 2 aliphatic rings. The van der Waals surface area contributed by atoms with E-state index < -0.39 is 0 Å². The van der Waals surface area contributed by atoms with E-state index in [4.69, 9.17) is 0 Å². The lowest BCUT2D eigenvalue weighted by Gasteiger charge is -2.29. The van der Waals surface area contributed by atoms with Gasteiger partial charge in [0.2, 0.25) is 0 Å². The van der Waals surface area contributed by atoms with Crippen LogP contribution in [0.1, 0.15) is 47.9 Å². The Kier molecular flexibility index (Phi) is 7.47. The van der Waals surface area contributed by atoms with Gasteiger partial charge in [0.1, 0.15) is 0 Å². The van der Waals surface area contributed by atoms with Crippen LogP contribution < -0.4 is 5.32 Å². The number of carbonyl (C=O) groups is 4. The second-order valence-corrected chi connectivity index (χ2v) is 12.7. The number of hydrogen-bond acceptors (Lipinski definition) is 6. The predicted octanol–water partition coefficient (Wildman–Crippen LogP) is 6.10. The molecular formula is C40H34N4O4. The van der Waals surface area contributed by atoms with Crippen LogP contribution >= 0.6 is 0 Å². The molecule has 0 saturated carbocycles. The highest BCUT2D eigenvalue weighted by atomic mass is 16.2. The van der Waals surface area contributed by atoms with E-state index >= 15 is 0 Å². The maximum Gasteiger partial charge on any atom is 0.261 e. The predicted molar refractivity (Wildman–Crippen MR) is 189 cm³/mol. The normalized spacial score (nSPS) is 14.5. The summed E-state index contributed by atoms with van der Waals surface area (Å²) >= 11 is 0. The maximum absolute atomic E-state index is 13.6. The molecule has 4 amide bonds. The highest BCUT2D eigenvalue weighted by Crippen LogP contribution is 2.36. The van der Waals surface area contributed by atoms with Crippen LogP contribution in [-0.4, -0.2) is 84.6 Å². The maximum atomic E-state index is 13.6. The van der Waals surface area contributed by atoms with Crippen LogP contribution in [0.4, 0.5) is 0 Å². The first-order valence-electron chi connectivity index (χ1n) is 16.4. The monoisotopic (exact) mass is 634 g/mol. The number of amides is 4. The number of rotatable bonds is 10. The van der Waals surface area contributed by atoms with Gasteiger partial charge in [-0.2, -0.15) is 0 Å². The standard InChI is InChI=1S/C40H34N4O4/c1-42(21-22-44-38(46)32-16-7-14-30-28-12-5-3-10-26(28)24-34(36(30)32)40(44)48)19-8-17-41-18-20-43-37(45)31-15-6-13-29-27-11-4-2-9-25(27)23-33(35(29)31)39(43)47/h2-7,9-16,23-24,41H,8,17-22H2,1H3. The minimum absolute atomic E-state index is 0.252. The van der Waals surface area contributed by atoms with Gasteiger partial charge in [0.15, 0.2) is 0 Å². The third kappa shape index (κ3) is 4.84. The summed E-state index contributed by atoms with van der Waals surface area (Å²) in [6, 6.07) is 31.0. The minimum atomic E-state index is -0.260. The van der Waals surface area contributed by atoms with Crippen molar-refractivity contribution in [2.24, 2.45) is 0 Å². The Labute approximate surface area is 277 Å². The fourth-order valence-corrected chi connectivity index (χ4v) is 7.36. The van der Waals surface area contributed by atoms with E-state index in [-0.39, 0.29) is 30.2 Å². The van der Waals surface area contributed by atoms with E-state index in [0.29, 0.717) is 48.4 Å². The van der Waals surface area contributed by atoms with Crippen molar-refractivity contribution in [2.75, 3.05) is 46.3 Å². The number of likely N-dealkylation sites (N-methyl/N-ethyl adjacent to an activating group) is 1. The fraction of sp³-hybridized carbons (Fsp3) is 0.200. The number of fused-ring (bicyclic) bond motifs is 4. The summed E-state index contributed by atoms with van der Waals surface area (Å²) in [7, 11) is 1.98. The average Bonchev–Trinajstić information content (AvgIpc) is 3.11. The number of carbonyl (C=O) groups excluding carboxylic acids is 4. The van der Waals surface area contributed by atoms with Crippen LogP contribution in [0, 0.1) is 0 Å². The Morgan fingerprint density at radius 2 is 1.00 bits per heavy atom. The van der Waals surface area contributed by atoms with Crippen LogP contribution in [0.2, 0.25) is 0 Å². The molecule has 0 aromatic heterocycles. The summed E-state index contributed by atoms with van der Waals surface area (Å²) < 4.78 is 0. The lowest BCUT2D eigenvalue weighted by atomic mass is 9.90. The van der Waals surface area contributed by atoms with Gasteiger partial charge in [-0.25, -0.2) is 0 Å². The van der Waals surface area contributed by atoms with Crippen molar-refractivity contribution in [2.45, 2.75) is 6.42 Å². The highest BCUT2D eigenvalue weighted by molar-refractivity contribution is 6.30. The quantitative estimate of drug-likeness (QED) is 0.111. The molecule has 0 fully saturated rings. The Hall–Kier alpha value is -5.44. The second kappa shape index (κ2) is 12.0. The molecule has 6 aromatic carbocycles. The molecule has 8 rings (SSSR count). The van der Waals surface area contributed by atoms with Crippen LogP contribution in [0.25, 0.3) is 43.1 Å². The molecule has 238 valence electrons. The van der Waals surface area contributed by atoms with E-state index in [9.17, 15) is 19.2 Å². The van der Waals surface area contributed by atoms with Gasteiger partial charge < -0.3 is 10.2 Å². The van der Waals surface area contributed by atoms with Gasteiger partial charge >= 0.3 is 0 Å². The molecule has 0 bridgehead atoms. The summed E-state index contributed by atoms with van der Waals surface area (Å²) in [5.41, 5.74) is 2.28. The van der Waals surface area contributed by atoms with Gasteiger partial charge in [0.25, 0.3) is 23.6 Å². The first-order chi connectivity index (χ1) is 23.4. The number of benzene rings is 6. The van der Waals surface area contributed by atoms with Crippen molar-refractivity contribution >= 4 is 66.7 Å². The fourth-order valence-electron chi connectivity index (χ4n) is 7.36. The Morgan fingerprint density at radius 1 is 0.521 bits per heavy atom. The number of imide groups is 2. The summed E-state index contributed by atoms with van der Waals surface area (Å²) in [5.74, 6) is -1.02. The highest BCUT2D eigenvalue weighted by Gasteiger charge is 2.34. The zero-order valence-corrected chi connectivity index (χ0v) is 26.7. The zero-order chi connectivity index (χ0) is 32.9. The van der Waals surface area contributed by atoms with Crippen LogP contribution in [0.3, 0.4) is 0 Å². The Morgan fingerprint density at radius 3 is 1.56 bits per heavy atom. The Balaban J connectivity index is 0.851. The van der Waals surface area contributed by atoms with Crippen molar-refractivity contribution in [1.82, 2.24) is 20.0 Å². The first kappa shape index (κ1) is 29.9. The molecule has 0 atom stereocenters. The molecule has 48 heavy (non-hydrogen) atoms. The summed E-state index contributed by atoms with van der Waals surface area (Å²) in [5, 5.41) is 10.7. The molecular weight excluding hydrogens is 600 g/mol. The summed E-state index contributed by atoms with van der Waals surface area (Å²) in [4.78, 5) is 58.8. The largest absolute Gasteiger partial charge is 0.315 e. The van der Waals surface area contributed by atoms with Crippen molar-refractivity contribution in [1.29, 1.82) is 0 Å². The molecule has 0 radical (unpaired) electrons.